The summed E-state index contributed by atoms with van der Waals surface area (Å²) in [6, 6.07) is 0. The van der Waals surface area contributed by atoms with Gasteiger partial charge in [0.2, 0.25) is 0 Å². The molecule has 0 radical (unpaired) electrons. The first kappa shape index (κ1) is 55.9. The predicted octanol–water partition coefficient (Wildman–Crippen LogP) is 5.49. The van der Waals surface area contributed by atoms with E-state index in [0.717, 1.165) is 14.1 Å². The zero-order valence-corrected chi connectivity index (χ0v) is 29.3. The standard InChI is InChI=1S/C22H23F25N2O7S2/c1-49(2,6-7-50)5-3-4-48(8-10(51)9-57(52,53)54)58(55,56)22(46,47)20(41,42)18(37,38)16(33,34)14(29,30)12(25,26)11(23,24)13(27,28)15(31,32)17(35,36)19(39,40)21(43,44)45/h10,50-51H,3-9H2,1-2H3. The van der Waals surface area contributed by atoms with E-state index in [9.17, 15) is 136 Å². The molecule has 0 rings (SSSR count). The molecule has 58 heavy (non-hydrogen) atoms. The van der Waals surface area contributed by atoms with Crippen molar-refractivity contribution < 1.29 is 146 Å². The first-order valence-electron chi connectivity index (χ1n) is 14.0. The molecule has 0 aliphatic heterocycles. The summed E-state index contributed by atoms with van der Waals surface area (Å²) in [5, 5.41) is 10.3. The van der Waals surface area contributed by atoms with Gasteiger partial charge in [-0.1, -0.05) is 0 Å². The van der Waals surface area contributed by atoms with Gasteiger partial charge < -0.3 is 19.2 Å². The van der Waals surface area contributed by atoms with Crippen molar-refractivity contribution in [2.75, 3.05) is 52.6 Å². The largest absolute Gasteiger partial charge is 0.748 e. The molecule has 1 unspecified atom stereocenters. The van der Waals surface area contributed by atoms with Gasteiger partial charge in [0.15, 0.2) is 0 Å². The summed E-state index contributed by atoms with van der Waals surface area (Å²) in [6.45, 7) is -6.16. The smallest absolute Gasteiger partial charge is 0.460 e. The molecule has 1 atom stereocenters. The molecule has 0 heterocycles. The Morgan fingerprint density at radius 3 is 1.10 bits per heavy atom. The zero-order chi connectivity index (χ0) is 47.6. The third-order valence-electron chi connectivity index (χ3n) is 7.62. The molecule has 0 aliphatic rings. The van der Waals surface area contributed by atoms with Gasteiger partial charge >= 0.3 is 70.7 Å². The van der Waals surface area contributed by atoms with Gasteiger partial charge in [0.1, 0.15) is 6.54 Å². The van der Waals surface area contributed by atoms with E-state index in [4.69, 9.17) is 5.11 Å². The number of alkyl halides is 25. The number of hydrogen-bond donors (Lipinski definition) is 2. The lowest BCUT2D eigenvalue weighted by Gasteiger charge is -2.45. The summed E-state index contributed by atoms with van der Waals surface area (Å²) in [4.78, 5) is 0. The summed E-state index contributed by atoms with van der Waals surface area (Å²) < 4.78 is 401. The minimum Gasteiger partial charge on any atom is -0.748 e. The lowest BCUT2D eigenvalue weighted by atomic mass is 9.85. The topological polar surface area (TPSA) is 135 Å². The van der Waals surface area contributed by atoms with E-state index in [1.807, 2.05) is 0 Å². The molecule has 0 spiro atoms. The van der Waals surface area contributed by atoms with Crippen molar-refractivity contribution in [1.29, 1.82) is 0 Å². The van der Waals surface area contributed by atoms with Gasteiger partial charge in [0, 0.05) is 19.5 Å². The van der Waals surface area contributed by atoms with E-state index in [2.05, 4.69) is 0 Å². The van der Waals surface area contributed by atoms with Crippen LogP contribution in [0.3, 0.4) is 0 Å². The van der Waals surface area contributed by atoms with Crippen LogP contribution < -0.4 is 0 Å². The van der Waals surface area contributed by atoms with Gasteiger partial charge in [-0.2, -0.15) is 114 Å². The first-order valence-corrected chi connectivity index (χ1v) is 17.1. The number of sulfonamides is 1. The Kier molecular flexibility index (Phi) is 15.1. The molecule has 0 aliphatic carbocycles. The summed E-state index contributed by atoms with van der Waals surface area (Å²) in [5.74, 6) is -97.4. The second kappa shape index (κ2) is 15.7. The number of halogens is 25. The van der Waals surface area contributed by atoms with Gasteiger partial charge in [0.25, 0.3) is 10.0 Å². The maximum atomic E-state index is 14.9. The summed E-state index contributed by atoms with van der Waals surface area (Å²) in [7, 11) is -11.8. The Morgan fingerprint density at radius 1 is 0.534 bits per heavy atom. The average Bonchev–Trinajstić information content (AvgIpc) is 2.97. The van der Waals surface area contributed by atoms with E-state index >= 15 is 0 Å². The lowest BCUT2D eigenvalue weighted by Crippen LogP contribution is -2.78. The van der Waals surface area contributed by atoms with Crippen molar-refractivity contribution in [3.63, 3.8) is 0 Å². The van der Waals surface area contributed by atoms with Gasteiger partial charge in [-0.05, 0) is 0 Å². The Morgan fingerprint density at radius 2 is 0.828 bits per heavy atom. The van der Waals surface area contributed by atoms with Crippen LogP contribution in [-0.4, -0.2) is 170 Å². The Hall–Kier alpha value is -2.05. The highest BCUT2D eigenvalue weighted by atomic mass is 32.2. The molecule has 2 N–H and O–H groups in total. The number of aliphatic hydroxyl groups excluding tert-OH is 2. The van der Waals surface area contributed by atoms with E-state index in [1.165, 1.54) is 0 Å². The van der Waals surface area contributed by atoms with Crippen LogP contribution in [0, 0.1) is 0 Å². The quantitative estimate of drug-likeness (QED) is 0.0834. The number of rotatable bonds is 22. The molecule has 0 aromatic rings. The molecule has 0 aromatic heterocycles. The molecule has 0 saturated carbocycles. The van der Waals surface area contributed by atoms with Crippen molar-refractivity contribution in [1.82, 2.24) is 4.31 Å². The second-order valence-corrected chi connectivity index (χ2v) is 15.9. The fourth-order valence-corrected chi connectivity index (χ4v) is 6.24. The van der Waals surface area contributed by atoms with Crippen LogP contribution >= 0.6 is 0 Å². The maximum absolute atomic E-state index is 14.9. The Bertz CT molecular complexity index is 1670. The van der Waals surface area contributed by atoms with Crippen molar-refractivity contribution in [2.24, 2.45) is 0 Å². The van der Waals surface area contributed by atoms with Crippen LogP contribution in [0.5, 0.6) is 0 Å². The van der Waals surface area contributed by atoms with Crippen molar-refractivity contribution in [3.8, 4) is 0 Å². The highest BCUT2D eigenvalue weighted by molar-refractivity contribution is 7.90. The number of nitrogens with zero attached hydrogens (tertiary/aromatic N) is 2. The Balaban J connectivity index is 7.61. The van der Waals surface area contributed by atoms with Crippen LogP contribution in [0.25, 0.3) is 0 Å². The van der Waals surface area contributed by atoms with Gasteiger partial charge in [-0.15, -0.1) is 0 Å². The molecular weight excluding hydrogens is 943 g/mol. The minimum absolute atomic E-state index is 0.358. The zero-order valence-electron chi connectivity index (χ0n) is 27.6. The monoisotopic (exact) mass is 966 g/mol. The van der Waals surface area contributed by atoms with Crippen LogP contribution in [-0.2, 0) is 20.1 Å². The Labute approximate surface area is 306 Å². The maximum Gasteiger partial charge on any atom is 0.460 e. The molecule has 0 amide bonds. The van der Waals surface area contributed by atoms with Crippen molar-refractivity contribution in [3.05, 3.63) is 0 Å². The fourth-order valence-electron chi connectivity index (χ4n) is 4.15. The molecule has 9 nitrogen and oxygen atoms in total. The molecule has 36 heteroatoms. The van der Waals surface area contributed by atoms with E-state index in [1.54, 1.807) is 0 Å². The molecule has 350 valence electrons. The molecule has 0 fully saturated rings. The van der Waals surface area contributed by atoms with Crippen LogP contribution in [0.4, 0.5) is 110 Å². The van der Waals surface area contributed by atoms with Crippen molar-refractivity contribution >= 4 is 20.1 Å². The van der Waals surface area contributed by atoms with E-state index in [-0.39, 0.29) is 6.54 Å². The molecule has 0 bridgehead atoms. The average molecular weight is 967 g/mol. The van der Waals surface area contributed by atoms with Crippen LogP contribution in [0.2, 0.25) is 0 Å². The summed E-state index contributed by atoms with van der Waals surface area (Å²) >= 11 is 0. The van der Waals surface area contributed by atoms with Gasteiger partial charge in [-0.3, -0.25) is 0 Å². The third-order valence-corrected chi connectivity index (χ3v) is 10.3. The van der Waals surface area contributed by atoms with Crippen molar-refractivity contribution in [2.45, 2.75) is 83.2 Å². The van der Waals surface area contributed by atoms with Gasteiger partial charge in [-0.25, -0.2) is 16.8 Å². The normalized spacial score (nSPS) is 16.9. The lowest BCUT2D eigenvalue weighted by molar-refractivity contribution is -0.890. The minimum atomic E-state index is -9.88. The summed E-state index contributed by atoms with van der Waals surface area (Å²) in [5.41, 5.74) is 0. The molecule has 0 saturated heterocycles. The summed E-state index contributed by atoms with van der Waals surface area (Å²) in [6.07, 6.45) is -12.6. The third kappa shape index (κ3) is 8.69. The highest BCUT2D eigenvalue weighted by Crippen LogP contribution is 2.68. The van der Waals surface area contributed by atoms with Gasteiger partial charge in [0.05, 0.1) is 49.2 Å². The van der Waals surface area contributed by atoms with E-state index in [0.29, 0.717) is 0 Å². The number of likely N-dealkylation sites (N-methyl/N-ethyl adjacent to an activating group) is 1. The SMILES string of the molecule is C[N+](C)(CCO)CCCN(CC(O)CS(=O)(=O)[O-])S(=O)(=O)C(F)(F)C(F)(F)C(F)(F)C(F)(F)C(F)(F)C(F)(F)C(F)(F)C(F)(F)C(F)(F)C(F)(F)C(F)(F)C(F)(F)F. The fraction of sp³-hybridized carbons (Fsp3) is 1.00. The van der Waals surface area contributed by atoms with Crippen LogP contribution in [0.1, 0.15) is 6.42 Å². The van der Waals surface area contributed by atoms with E-state index < -0.39 is 144 Å². The number of quaternary nitrogens is 1. The highest BCUT2D eigenvalue weighted by Gasteiger charge is 3.00. The molecule has 0 aromatic carbocycles. The number of hydrogen-bond acceptors (Lipinski definition) is 7. The molecular formula is C22H23F25N2O7S2. The van der Waals surface area contributed by atoms with Crippen LogP contribution in [0.15, 0.2) is 0 Å². The first-order chi connectivity index (χ1) is 24.8. The second-order valence-electron chi connectivity index (χ2n) is 12.5. The predicted molar refractivity (Wildman–Crippen MR) is 135 cm³/mol. The number of aliphatic hydroxyl groups is 2.